The van der Waals surface area contributed by atoms with Crippen LogP contribution in [0.2, 0.25) is 0 Å². The third-order valence-corrected chi connectivity index (χ3v) is 4.83. The molecule has 0 aliphatic rings. The summed E-state index contributed by atoms with van der Waals surface area (Å²) in [6.45, 7) is 3.13. The van der Waals surface area contributed by atoms with E-state index in [1.165, 1.54) is 36.8 Å². The van der Waals surface area contributed by atoms with Crippen molar-refractivity contribution < 1.29 is 0 Å². The van der Waals surface area contributed by atoms with Crippen molar-refractivity contribution in [1.82, 2.24) is 10.3 Å². The summed E-state index contributed by atoms with van der Waals surface area (Å²) >= 11 is 0. The molecule has 2 aromatic carbocycles. The first-order valence-electron chi connectivity index (χ1n) is 9.37. The summed E-state index contributed by atoms with van der Waals surface area (Å²) in [6.07, 6.45) is 14.1. The van der Waals surface area contributed by atoms with E-state index in [1.54, 1.807) is 6.20 Å². The molecule has 1 heterocycles. The van der Waals surface area contributed by atoms with Gasteiger partial charge in [-0.05, 0) is 43.4 Å². The fourth-order valence-corrected chi connectivity index (χ4v) is 3.25. The Morgan fingerprint density at radius 1 is 1.04 bits per heavy atom. The molecule has 3 aromatic rings. The Balaban J connectivity index is 1.46. The van der Waals surface area contributed by atoms with E-state index in [0.29, 0.717) is 6.04 Å². The van der Waals surface area contributed by atoms with Crippen molar-refractivity contribution in [2.45, 2.75) is 45.2 Å². The first kappa shape index (κ1) is 18.2. The van der Waals surface area contributed by atoms with Gasteiger partial charge < -0.3 is 5.32 Å². The van der Waals surface area contributed by atoms with Gasteiger partial charge in [0, 0.05) is 35.8 Å². The van der Waals surface area contributed by atoms with Gasteiger partial charge >= 0.3 is 0 Å². The lowest BCUT2D eigenvalue weighted by molar-refractivity contribution is 0.489. The average Bonchev–Trinajstić information content (AvgIpc) is 2.70. The minimum Gasteiger partial charge on any atom is -0.310 e. The first-order valence-corrected chi connectivity index (χ1v) is 9.37. The van der Waals surface area contributed by atoms with E-state index in [-0.39, 0.29) is 0 Å². The van der Waals surface area contributed by atoms with Crippen molar-refractivity contribution >= 4 is 10.8 Å². The van der Waals surface area contributed by atoms with Crippen molar-refractivity contribution in [3.63, 3.8) is 0 Å². The van der Waals surface area contributed by atoms with Gasteiger partial charge in [0.05, 0.1) is 5.56 Å². The van der Waals surface area contributed by atoms with Crippen LogP contribution in [0.25, 0.3) is 10.8 Å². The van der Waals surface area contributed by atoms with Crippen LogP contribution >= 0.6 is 0 Å². The van der Waals surface area contributed by atoms with Crippen molar-refractivity contribution in [2.75, 3.05) is 0 Å². The molecule has 0 saturated heterocycles. The number of fused-ring (bicyclic) bond motifs is 1. The van der Waals surface area contributed by atoms with Crippen LogP contribution in [0.1, 0.15) is 42.9 Å². The lowest BCUT2D eigenvalue weighted by Crippen LogP contribution is -2.25. The number of terminal acetylenes is 1. The van der Waals surface area contributed by atoms with Crippen LogP contribution in [0, 0.1) is 12.3 Å². The van der Waals surface area contributed by atoms with E-state index in [1.807, 2.05) is 6.20 Å². The van der Waals surface area contributed by atoms with Gasteiger partial charge in [0.25, 0.3) is 0 Å². The van der Waals surface area contributed by atoms with Gasteiger partial charge in [0.1, 0.15) is 0 Å². The van der Waals surface area contributed by atoms with Crippen LogP contribution in [-0.4, -0.2) is 11.0 Å². The molecule has 26 heavy (non-hydrogen) atoms. The van der Waals surface area contributed by atoms with E-state index in [2.05, 4.69) is 71.7 Å². The highest BCUT2D eigenvalue weighted by Gasteiger charge is 2.04. The largest absolute Gasteiger partial charge is 0.310 e. The zero-order chi connectivity index (χ0) is 18.2. The van der Waals surface area contributed by atoms with Crippen LogP contribution < -0.4 is 5.32 Å². The number of benzene rings is 2. The molecule has 2 heteroatoms. The fourth-order valence-electron chi connectivity index (χ4n) is 3.25. The molecule has 132 valence electrons. The summed E-state index contributed by atoms with van der Waals surface area (Å²) in [4.78, 5) is 4.19. The number of nitrogens with one attached hydrogen (secondary N) is 1. The molecule has 3 rings (SSSR count). The lowest BCUT2D eigenvalue weighted by atomic mass is 10.0. The van der Waals surface area contributed by atoms with Crippen LogP contribution in [0.3, 0.4) is 0 Å². The summed E-state index contributed by atoms with van der Waals surface area (Å²) in [6, 6.07) is 17.7. The van der Waals surface area contributed by atoms with Crippen LogP contribution in [0.15, 0.2) is 60.9 Å². The predicted molar refractivity (Wildman–Crippen MR) is 110 cm³/mol. The second-order valence-corrected chi connectivity index (χ2v) is 6.90. The van der Waals surface area contributed by atoms with E-state index >= 15 is 0 Å². The molecule has 0 aliphatic carbocycles. The summed E-state index contributed by atoms with van der Waals surface area (Å²) < 4.78 is 0. The number of hydrogen-bond acceptors (Lipinski definition) is 2. The number of hydrogen-bond donors (Lipinski definition) is 1. The summed E-state index contributed by atoms with van der Waals surface area (Å²) in [7, 11) is 0. The highest BCUT2D eigenvalue weighted by atomic mass is 14.9. The average molecular weight is 342 g/mol. The minimum atomic E-state index is 0.506. The number of rotatable bonds is 8. The Morgan fingerprint density at radius 3 is 2.69 bits per heavy atom. The molecule has 0 fully saturated rings. The maximum atomic E-state index is 5.59. The maximum absolute atomic E-state index is 5.59. The van der Waals surface area contributed by atoms with Gasteiger partial charge in [0.2, 0.25) is 0 Å². The third-order valence-electron chi connectivity index (χ3n) is 4.83. The van der Waals surface area contributed by atoms with Gasteiger partial charge in [-0.15, -0.1) is 6.42 Å². The predicted octanol–water partition coefficient (Wildman–Crippen LogP) is 5.11. The van der Waals surface area contributed by atoms with Crippen molar-refractivity contribution in [3.8, 4) is 12.3 Å². The number of aryl methyl sites for hydroxylation is 1. The van der Waals surface area contributed by atoms with Crippen molar-refractivity contribution in [1.29, 1.82) is 0 Å². The molecular formula is C24H26N2. The second kappa shape index (κ2) is 9.17. The molecule has 1 N–H and O–H groups in total. The van der Waals surface area contributed by atoms with Gasteiger partial charge in [-0.1, -0.05) is 54.8 Å². The van der Waals surface area contributed by atoms with E-state index in [4.69, 9.17) is 6.42 Å². The Hall–Kier alpha value is -2.63. The molecule has 0 unspecified atom stereocenters. The standard InChI is InChI=1S/C24H26N2/c1-3-22-17-25-18-23-14-13-21(15-24(22)23)16-26-19(2)9-7-8-12-20-10-5-4-6-11-20/h1,4-6,10-11,13-15,17-19,26H,7-9,12,16H2,2H3/t19-/m1/s1. The molecule has 0 saturated carbocycles. The SMILES string of the molecule is C#Cc1cncc2ccc(CN[C@H](C)CCCCc3ccccc3)cc12. The molecule has 1 aromatic heterocycles. The topological polar surface area (TPSA) is 24.9 Å². The van der Waals surface area contributed by atoms with E-state index < -0.39 is 0 Å². The minimum absolute atomic E-state index is 0.506. The van der Waals surface area contributed by atoms with E-state index in [0.717, 1.165) is 22.9 Å². The fraction of sp³-hybridized carbons (Fsp3) is 0.292. The monoisotopic (exact) mass is 342 g/mol. The Bertz CT molecular complexity index is 878. The molecular weight excluding hydrogens is 316 g/mol. The normalized spacial score (nSPS) is 12.0. The lowest BCUT2D eigenvalue weighted by Gasteiger charge is -2.14. The maximum Gasteiger partial charge on any atom is 0.0504 e. The first-order chi connectivity index (χ1) is 12.8. The van der Waals surface area contributed by atoms with Gasteiger partial charge in [0.15, 0.2) is 0 Å². The zero-order valence-corrected chi connectivity index (χ0v) is 15.4. The molecule has 1 atom stereocenters. The number of nitrogens with zero attached hydrogens (tertiary/aromatic N) is 1. The number of unbranched alkanes of at least 4 members (excludes halogenated alkanes) is 1. The van der Waals surface area contributed by atoms with Crippen molar-refractivity contribution in [3.05, 3.63) is 77.6 Å². The molecule has 0 radical (unpaired) electrons. The molecule has 0 spiro atoms. The highest BCUT2D eigenvalue weighted by Crippen LogP contribution is 2.19. The molecule has 0 aliphatic heterocycles. The van der Waals surface area contributed by atoms with Crippen LogP contribution in [0.4, 0.5) is 0 Å². The number of aromatic nitrogens is 1. The highest BCUT2D eigenvalue weighted by molar-refractivity contribution is 5.87. The van der Waals surface area contributed by atoms with E-state index in [9.17, 15) is 0 Å². The smallest absolute Gasteiger partial charge is 0.0504 e. The Morgan fingerprint density at radius 2 is 1.88 bits per heavy atom. The second-order valence-electron chi connectivity index (χ2n) is 6.90. The number of pyridine rings is 1. The van der Waals surface area contributed by atoms with Crippen LogP contribution in [0.5, 0.6) is 0 Å². The molecule has 2 nitrogen and oxygen atoms in total. The summed E-state index contributed by atoms with van der Waals surface area (Å²) in [5.41, 5.74) is 3.55. The zero-order valence-electron chi connectivity index (χ0n) is 15.4. The summed E-state index contributed by atoms with van der Waals surface area (Å²) in [5.74, 6) is 2.73. The quantitative estimate of drug-likeness (QED) is 0.455. The molecule has 0 amide bonds. The molecule has 0 bridgehead atoms. The van der Waals surface area contributed by atoms with Gasteiger partial charge in [-0.25, -0.2) is 0 Å². The Labute approximate surface area is 156 Å². The summed E-state index contributed by atoms with van der Waals surface area (Å²) in [5, 5.41) is 5.84. The van der Waals surface area contributed by atoms with Gasteiger partial charge in [-0.2, -0.15) is 0 Å². The van der Waals surface area contributed by atoms with Crippen LogP contribution in [-0.2, 0) is 13.0 Å². The third kappa shape index (κ3) is 4.94. The van der Waals surface area contributed by atoms with Gasteiger partial charge in [-0.3, -0.25) is 4.98 Å². The Kier molecular flexibility index (Phi) is 6.41. The van der Waals surface area contributed by atoms with Crippen molar-refractivity contribution in [2.24, 2.45) is 0 Å².